The van der Waals surface area contributed by atoms with Crippen LogP contribution in [0.2, 0.25) is 0 Å². The van der Waals surface area contributed by atoms with Gasteiger partial charge in [-0.3, -0.25) is 5.43 Å². The number of nitrogens with one attached hydrogen (secondary N) is 2. The number of anilines is 3. The normalized spacial score (nSPS) is 11.4. The Hall–Kier alpha value is -3.08. The maximum atomic E-state index is 4.73. The van der Waals surface area contributed by atoms with Gasteiger partial charge in [0, 0.05) is 9.26 Å². The number of hydrazone groups is 1. The Kier molecular flexibility index (Phi) is 5.65. The molecule has 0 saturated heterocycles. The van der Waals surface area contributed by atoms with E-state index in [1.807, 2.05) is 36.4 Å². The molecule has 9 heteroatoms. The van der Waals surface area contributed by atoms with E-state index in [1.54, 1.807) is 6.21 Å². The molecule has 0 saturated carbocycles. The highest BCUT2D eigenvalue weighted by molar-refractivity contribution is 14.1. The summed E-state index contributed by atoms with van der Waals surface area (Å²) in [5, 5.41) is 15.0. The van der Waals surface area contributed by atoms with Crippen LogP contribution < -0.4 is 10.7 Å². The van der Waals surface area contributed by atoms with E-state index in [1.165, 1.54) is 5.56 Å². The van der Waals surface area contributed by atoms with Crippen LogP contribution in [0.5, 0.6) is 0 Å². The lowest BCUT2D eigenvalue weighted by Crippen LogP contribution is -2.03. The summed E-state index contributed by atoms with van der Waals surface area (Å²) in [5.41, 5.74) is 6.69. The second-order valence-corrected chi connectivity index (χ2v) is 7.90. The average molecular weight is 499 g/mol. The van der Waals surface area contributed by atoms with E-state index >= 15 is 0 Å². The number of rotatable bonds is 6. The summed E-state index contributed by atoms with van der Waals surface area (Å²) < 4.78 is 5.87. The molecule has 0 amide bonds. The zero-order chi connectivity index (χ0) is 20.2. The Balaban J connectivity index is 1.57. The van der Waals surface area contributed by atoms with Gasteiger partial charge in [0.2, 0.25) is 11.3 Å². The van der Waals surface area contributed by atoms with Gasteiger partial charge in [-0.1, -0.05) is 38.1 Å². The first-order valence-corrected chi connectivity index (χ1v) is 10.1. The van der Waals surface area contributed by atoms with Crippen molar-refractivity contribution in [2.24, 2.45) is 5.10 Å². The van der Waals surface area contributed by atoms with Crippen LogP contribution in [0.3, 0.4) is 0 Å². The van der Waals surface area contributed by atoms with Gasteiger partial charge in [0.05, 0.1) is 6.21 Å². The van der Waals surface area contributed by atoms with Crippen LogP contribution in [-0.4, -0.2) is 26.5 Å². The highest BCUT2D eigenvalue weighted by Crippen LogP contribution is 2.24. The fourth-order valence-electron chi connectivity index (χ4n) is 2.61. The smallest absolute Gasteiger partial charge is 0.245 e. The van der Waals surface area contributed by atoms with E-state index < -0.39 is 0 Å². The molecule has 29 heavy (non-hydrogen) atoms. The molecule has 0 bridgehead atoms. The predicted molar refractivity (Wildman–Crippen MR) is 122 cm³/mol. The van der Waals surface area contributed by atoms with Crippen LogP contribution in [0.15, 0.2) is 58.3 Å². The third-order valence-electron chi connectivity index (χ3n) is 4.21. The minimum atomic E-state index is 0.303. The van der Waals surface area contributed by atoms with Crippen molar-refractivity contribution in [2.75, 3.05) is 10.7 Å². The van der Waals surface area contributed by atoms with E-state index in [0.717, 1.165) is 14.8 Å². The summed E-state index contributed by atoms with van der Waals surface area (Å²) in [7, 11) is 0. The zero-order valence-electron chi connectivity index (χ0n) is 15.8. The molecule has 2 aromatic carbocycles. The molecule has 0 spiro atoms. The Bertz CT molecular complexity index is 1140. The van der Waals surface area contributed by atoms with Crippen LogP contribution in [0.1, 0.15) is 30.9 Å². The number of nitrogens with zero attached hydrogens (tertiary/aromatic N) is 5. The second kappa shape index (κ2) is 8.52. The molecule has 0 fully saturated rings. The van der Waals surface area contributed by atoms with Crippen molar-refractivity contribution in [3.63, 3.8) is 0 Å². The molecule has 0 aliphatic carbocycles. The molecule has 0 aliphatic rings. The fourth-order valence-corrected chi connectivity index (χ4v) is 2.97. The summed E-state index contributed by atoms with van der Waals surface area (Å²) in [5.74, 6) is 1.38. The first-order chi connectivity index (χ1) is 14.1. The minimum absolute atomic E-state index is 0.303. The quantitative estimate of drug-likeness (QED) is 0.220. The van der Waals surface area contributed by atoms with Crippen molar-refractivity contribution in [3.05, 3.63) is 63.2 Å². The summed E-state index contributed by atoms with van der Waals surface area (Å²) in [6.45, 7) is 4.33. The van der Waals surface area contributed by atoms with Gasteiger partial charge in [-0.05, 0) is 74.2 Å². The first-order valence-electron chi connectivity index (χ1n) is 9.00. The van der Waals surface area contributed by atoms with Crippen LogP contribution in [0.25, 0.3) is 11.3 Å². The lowest BCUT2D eigenvalue weighted by Gasteiger charge is -2.09. The largest absolute Gasteiger partial charge is 0.337 e. The molecule has 8 nitrogen and oxygen atoms in total. The number of fused-ring (bicyclic) bond motifs is 1. The van der Waals surface area contributed by atoms with E-state index in [-0.39, 0.29) is 0 Å². The monoisotopic (exact) mass is 499 g/mol. The van der Waals surface area contributed by atoms with Gasteiger partial charge in [0.25, 0.3) is 0 Å². The molecular weight excluding hydrogens is 481 g/mol. The summed E-state index contributed by atoms with van der Waals surface area (Å²) in [4.78, 5) is 8.83. The van der Waals surface area contributed by atoms with Crippen molar-refractivity contribution < 1.29 is 4.63 Å². The molecule has 2 heterocycles. The van der Waals surface area contributed by atoms with E-state index in [2.05, 4.69) is 84.7 Å². The van der Waals surface area contributed by atoms with E-state index in [4.69, 9.17) is 4.63 Å². The van der Waals surface area contributed by atoms with Crippen molar-refractivity contribution in [1.82, 2.24) is 20.3 Å². The molecule has 4 aromatic rings. The standard InChI is InChI=1S/C20H18IN7O/c1-12(2)14-5-3-13(4-6-14)11-22-26-18-17(23-16-9-7-15(21)8-10-16)24-19-20(25-18)28-29-27-19/h3-12H,1-2H3,(H,23,24,27)(H,25,26,28)/b22-11-. The third-order valence-corrected chi connectivity index (χ3v) is 4.93. The lowest BCUT2D eigenvalue weighted by atomic mass is 10.0. The predicted octanol–water partition coefficient (Wildman–Crippen LogP) is 4.93. The van der Waals surface area contributed by atoms with Gasteiger partial charge in [0.15, 0.2) is 11.6 Å². The highest BCUT2D eigenvalue weighted by Gasteiger charge is 2.12. The van der Waals surface area contributed by atoms with Crippen molar-refractivity contribution in [3.8, 4) is 0 Å². The third kappa shape index (κ3) is 4.67. The maximum absolute atomic E-state index is 4.73. The molecule has 2 aromatic heterocycles. The van der Waals surface area contributed by atoms with Gasteiger partial charge in [0.1, 0.15) is 0 Å². The van der Waals surface area contributed by atoms with Crippen LogP contribution >= 0.6 is 22.6 Å². The highest BCUT2D eigenvalue weighted by atomic mass is 127. The molecular formula is C20H18IN7O. The summed E-state index contributed by atoms with van der Waals surface area (Å²) in [6.07, 6.45) is 1.73. The number of halogens is 1. The van der Waals surface area contributed by atoms with Crippen molar-refractivity contribution in [2.45, 2.75) is 19.8 Å². The Morgan fingerprint density at radius 2 is 1.59 bits per heavy atom. The SMILES string of the molecule is CC(C)c1ccc(/C=N\Nc2nc3nonc3nc2Nc2ccc(I)cc2)cc1. The van der Waals surface area contributed by atoms with Gasteiger partial charge >= 0.3 is 0 Å². The molecule has 0 unspecified atom stereocenters. The maximum Gasteiger partial charge on any atom is 0.245 e. The second-order valence-electron chi connectivity index (χ2n) is 6.66. The van der Waals surface area contributed by atoms with Crippen LogP contribution in [-0.2, 0) is 0 Å². The molecule has 0 aliphatic heterocycles. The Morgan fingerprint density at radius 3 is 2.24 bits per heavy atom. The van der Waals surface area contributed by atoms with E-state index in [9.17, 15) is 0 Å². The van der Waals surface area contributed by atoms with Gasteiger partial charge in [-0.15, -0.1) is 0 Å². The number of benzene rings is 2. The summed E-state index contributed by atoms with van der Waals surface area (Å²) in [6, 6.07) is 16.2. The molecule has 146 valence electrons. The van der Waals surface area contributed by atoms with Gasteiger partial charge in [-0.25, -0.2) is 9.61 Å². The fraction of sp³-hybridized carbons (Fsp3) is 0.150. The van der Waals surface area contributed by atoms with Crippen LogP contribution in [0, 0.1) is 3.57 Å². The van der Waals surface area contributed by atoms with Gasteiger partial charge < -0.3 is 5.32 Å². The zero-order valence-corrected chi connectivity index (χ0v) is 18.0. The number of hydrogen-bond donors (Lipinski definition) is 2. The number of aromatic nitrogens is 4. The molecule has 4 rings (SSSR count). The lowest BCUT2D eigenvalue weighted by molar-refractivity contribution is 0.314. The molecule has 2 N–H and O–H groups in total. The first kappa shape index (κ1) is 19.2. The molecule has 0 atom stereocenters. The molecule has 0 radical (unpaired) electrons. The van der Waals surface area contributed by atoms with E-state index in [0.29, 0.717) is 28.8 Å². The Labute approximate surface area is 180 Å². The average Bonchev–Trinajstić information content (AvgIpc) is 3.17. The minimum Gasteiger partial charge on any atom is -0.337 e. The van der Waals surface area contributed by atoms with Gasteiger partial charge in [-0.2, -0.15) is 10.1 Å². The Morgan fingerprint density at radius 1 is 0.931 bits per heavy atom. The van der Waals surface area contributed by atoms with Crippen molar-refractivity contribution in [1.29, 1.82) is 0 Å². The topological polar surface area (TPSA) is 101 Å². The number of hydrogen-bond acceptors (Lipinski definition) is 8. The van der Waals surface area contributed by atoms with Crippen LogP contribution in [0.4, 0.5) is 17.3 Å². The van der Waals surface area contributed by atoms with Crippen molar-refractivity contribution >= 4 is 57.4 Å². The summed E-state index contributed by atoms with van der Waals surface area (Å²) >= 11 is 2.26.